The van der Waals surface area contributed by atoms with Crippen LogP contribution in [0.5, 0.6) is 0 Å². The molecule has 3 unspecified atom stereocenters. The molecule has 0 radical (unpaired) electrons. The summed E-state index contributed by atoms with van der Waals surface area (Å²) in [5, 5.41) is 3.47. The van der Waals surface area contributed by atoms with E-state index in [0.29, 0.717) is 37.4 Å². The van der Waals surface area contributed by atoms with Gasteiger partial charge in [-0.2, -0.15) is 26.3 Å². The molecule has 3 atom stereocenters. The number of piperazine rings is 1. The highest BCUT2D eigenvalue weighted by Gasteiger charge is 2.40. The predicted molar refractivity (Wildman–Crippen MR) is 148 cm³/mol. The number of piperidine rings is 1. The molecule has 5 rings (SSSR count). The lowest BCUT2D eigenvalue weighted by atomic mass is 9.90. The van der Waals surface area contributed by atoms with E-state index in [-0.39, 0.29) is 24.7 Å². The molecule has 42 heavy (non-hydrogen) atoms. The summed E-state index contributed by atoms with van der Waals surface area (Å²) in [7, 11) is 0. The van der Waals surface area contributed by atoms with Gasteiger partial charge >= 0.3 is 12.4 Å². The summed E-state index contributed by atoms with van der Waals surface area (Å²) >= 11 is 0. The van der Waals surface area contributed by atoms with Crippen LogP contribution in [-0.4, -0.2) is 84.5 Å². The van der Waals surface area contributed by atoms with Crippen LogP contribution in [0, 0.1) is 0 Å². The fraction of sp³-hybridized carbons (Fsp3) is 0.581. The molecular formula is C31H38F6N4O. The number of carbonyl (C=O) groups is 1. The molecular weight excluding hydrogens is 558 g/mol. The third-order valence-electron chi connectivity index (χ3n) is 9.02. The monoisotopic (exact) mass is 596 g/mol. The lowest BCUT2D eigenvalue weighted by molar-refractivity contribution is -0.143. The van der Waals surface area contributed by atoms with Gasteiger partial charge in [-0.1, -0.05) is 30.3 Å². The SMILES string of the molecule is O=C(c1cc(C(F)(F)F)cc(C(F)(F)F)c1)N1CCC(N2CCN(C3CCCNCC3)CC2)CC1Cc1ccccc1. The molecule has 0 aliphatic carbocycles. The average molecular weight is 597 g/mol. The molecule has 3 aliphatic rings. The van der Waals surface area contributed by atoms with E-state index >= 15 is 0 Å². The van der Waals surface area contributed by atoms with Crippen molar-refractivity contribution in [2.45, 2.75) is 69.0 Å². The molecule has 0 saturated carbocycles. The maximum Gasteiger partial charge on any atom is 0.416 e. The Bertz CT molecular complexity index is 1160. The van der Waals surface area contributed by atoms with Gasteiger partial charge in [0.15, 0.2) is 0 Å². The van der Waals surface area contributed by atoms with E-state index in [9.17, 15) is 31.1 Å². The largest absolute Gasteiger partial charge is 0.416 e. The quantitative estimate of drug-likeness (QED) is 0.450. The number of amides is 1. The minimum Gasteiger partial charge on any atom is -0.335 e. The normalized spacial score (nSPS) is 25.3. The molecule has 2 aromatic carbocycles. The van der Waals surface area contributed by atoms with Crippen LogP contribution in [0.3, 0.4) is 0 Å². The molecule has 2 aromatic rings. The number of likely N-dealkylation sites (tertiary alicyclic amines) is 1. The Kier molecular flexibility index (Phi) is 9.49. The van der Waals surface area contributed by atoms with Crippen LogP contribution in [0.25, 0.3) is 0 Å². The highest BCUT2D eigenvalue weighted by atomic mass is 19.4. The van der Waals surface area contributed by atoms with Crippen molar-refractivity contribution in [3.8, 4) is 0 Å². The van der Waals surface area contributed by atoms with Crippen molar-refractivity contribution in [2.24, 2.45) is 0 Å². The van der Waals surface area contributed by atoms with Gasteiger partial charge in [-0.05, 0) is 75.4 Å². The van der Waals surface area contributed by atoms with Crippen LogP contribution < -0.4 is 5.32 Å². The number of carbonyl (C=O) groups excluding carboxylic acids is 1. The Balaban J connectivity index is 1.34. The van der Waals surface area contributed by atoms with E-state index in [2.05, 4.69) is 15.1 Å². The Hall–Kier alpha value is -2.63. The van der Waals surface area contributed by atoms with Crippen molar-refractivity contribution in [2.75, 3.05) is 45.8 Å². The molecule has 1 N–H and O–H groups in total. The molecule has 3 heterocycles. The Morgan fingerprint density at radius 3 is 2.00 bits per heavy atom. The standard InChI is InChI=1S/C31H38F6N4O/c32-30(33,34)24-18-23(19-25(20-24)31(35,36)37)29(42)41-12-9-27(21-28(41)17-22-5-2-1-3-6-22)40-15-13-39(14-16-40)26-7-4-10-38-11-8-26/h1-3,5-6,18-20,26-28,38H,4,7-17,21H2. The van der Waals surface area contributed by atoms with E-state index in [1.807, 2.05) is 30.3 Å². The number of hydrogen-bond acceptors (Lipinski definition) is 4. The smallest absolute Gasteiger partial charge is 0.335 e. The second-order valence-corrected chi connectivity index (χ2v) is 11.7. The van der Waals surface area contributed by atoms with Crippen molar-refractivity contribution in [3.05, 3.63) is 70.8 Å². The van der Waals surface area contributed by atoms with E-state index in [4.69, 9.17) is 0 Å². The molecule has 3 aliphatic heterocycles. The number of benzene rings is 2. The van der Waals surface area contributed by atoms with Crippen LogP contribution in [-0.2, 0) is 18.8 Å². The Labute approximate surface area is 242 Å². The topological polar surface area (TPSA) is 38.8 Å². The highest BCUT2D eigenvalue weighted by molar-refractivity contribution is 5.95. The third kappa shape index (κ3) is 7.47. The van der Waals surface area contributed by atoms with E-state index in [1.54, 1.807) is 0 Å². The molecule has 11 heteroatoms. The Morgan fingerprint density at radius 1 is 0.762 bits per heavy atom. The summed E-state index contributed by atoms with van der Waals surface area (Å²) in [5.74, 6) is -0.794. The van der Waals surface area contributed by atoms with Crippen LogP contribution in [0.1, 0.15) is 59.2 Å². The first kappa shape index (κ1) is 30.8. The number of nitrogens with one attached hydrogen (secondary N) is 1. The fourth-order valence-corrected chi connectivity index (χ4v) is 6.79. The number of nitrogens with zero attached hydrogens (tertiary/aromatic N) is 3. The van der Waals surface area contributed by atoms with Gasteiger partial charge in [0, 0.05) is 56.4 Å². The molecule has 3 saturated heterocycles. The average Bonchev–Trinajstić information content (AvgIpc) is 3.26. The van der Waals surface area contributed by atoms with Crippen molar-refractivity contribution in [1.29, 1.82) is 0 Å². The lowest BCUT2D eigenvalue weighted by Crippen LogP contribution is -2.57. The molecule has 230 valence electrons. The van der Waals surface area contributed by atoms with Crippen molar-refractivity contribution < 1.29 is 31.1 Å². The maximum absolute atomic E-state index is 13.7. The maximum atomic E-state index is 13.7. The van der Waals surface area contributed by atoms with Gasteiger partial charge in [-0.3, -0.25) is 14.6 Å². The minimum atomic E-state index is -5.01. The molecule has 3 fully saturated rings. The zero-order valence-corrected chi connectivity index (χ0v) is 23.6. The van der Waals surface area contributed by atoms with Gasteiger partial charge in [0.1, 0.15) is 0 Å². The van der Waals surface area contributed by atoms with E-state index in [1.165, 1.54) is 17.7 Å². The summed E-state index contributed by atoms with van der Waals surface area (Å²) in [5.41, 5.74) is -2.57. The first-order valence-corrected chi connectivity index (χ1v) is 14.8. The first-order chi connectivity index (χ1) is 20.0. The third-order valence-corrected chi connectivity index (χ3v) is 9.02. The number of alkyl halides is 6. The van der Waals surface area contributed by atoms with Crippen LogP contribution >= 0.6 is 0 Å². The molecule has 5 nitrogen and oxygen atoms in total. The molecule has 0 bridgehead atoms. The number of halogens is 6. The molecule has 0 spiro atoms. The number of hydrogen-bond donors (Lipinski definition) is 1. The van der Waals surface area contributed by atoms with E-state index in [0.717, 1.165) is 51.3 Å². The molecule has 0 aromatic heterocycles. The van der Waals surface area contributed by atoms with Crippen LogP contribution in [0.2, 0.25) is 0 Å². The second kappa shape index (κ2) is 12.9. The fourth-order valence-electron chi connectivity index (χ4n) is 6.79. The van der Waals surface area contributed by atoms with Gasteiger partial charge < -0.3 is 10.2 Å². The summed E-state index contributed by atoms with van der Waals surface area (Å²) in [6.07, 6.45) is -4.81. The summed E-state index contributed by atoms with van der Waals surface area (Å²) in [6.45, 7) is 6.12. The van der Waals surface area contributed by atoms with Crippen LogP contribution in [0.15, 0.2) is 48.5 Å². The summed E-state index contributed by atoms with van der Waals surface area (Å²) in [4.78, 5) is 20.2. The van der Waals surface area contributed by atoms with E-state index < -0.39 is 35.0 Å². The first-order valence-electron chi connectivity index (χ1n) is 14.8. The lowest BCUT2D eigenvalue weighted by Gasteiger charge is -2.47. The Morgan fingerprint density at radius 2 is 1.38 bits per heavy atom. The van der Waals surface area contributed by atoms with Gasteiger partial charge in [0.05, 0.1) is 11.1 Å². The predicted octanol–water partition coefficient (Wildman–Crippen LogP) is 5.70. The highest BCUT2D eigenvalue weighted by Crippen LogP contribution is 2.37. The van der Waals surface area contributed by atoms with Gasteiger partial charge in [0.25, 0.3) is 5.91 Å². The van der Waals surface area contributed by atoms with Crippen molar-refractivity contribution >= 4 is 5.91 Å². The van der Waals surface area contributed by atoms with Gasteiger partial charge in [-0.15, -0.1) is 0 Å². The van der Waals surface area contributed by atoms with Crippen molar-refractivity contribution in [1.82, 2.24) is 20.0 Å². The zero-order valence-electron chi connectivity index (χ0n) is 23.6. The second-order valence-electron chi connectivity index (χ2n) is 11.7. The molecule has 1 amide bonds. The summed E-state index contributed by atoms with van der Waals surface area (Å²) < 4.78 is 81.2. The van der Waals surface area contributed by atoms with Crippen molar-refractivity contribution in [3.63, 3.8) is 0 Å². The minimum absolute atomic E-state index is 0.0652. The number of rotatable bonds is 5. The zero-order chi connectivity index (χ0) is 29.9. The van der Waals surface area contributed by atoms with Gasteiger partial charge in [0.2, 0.25) is 0 Å². The van der Waals surface area contributed by atoms with Gasteiger partial charge in [-0.25, -0.2) is 0 Å². The van der Waals surface area contributed by atoms with Crippen LogP contribution in [0.4, 0.5) is 26.3 Å². The summed E-state index contributed by atoms with van der Waals surface area (Å²) in [6, 6.07) is 11.1.